The van der Waals surface area contributed by atoms with E-state index in [-0.39, 0.29) is 17.1 Å². The number of esters is 1. The summed E-state index contributed by atoms with van der Waals surface area (Å²) < 4.78 is 31.0. The van der Waals surface area contributed by atoms with Crippen LogP contribution in [-0.2, 0) is 19.6 Å². The molecule has 128 valence electrons. The minimum absolute atomic E-state index is 0.161. The number of hydrogen-bond donors (Lipinski definition) is 1. The van der Waals surface area contributed by atoms with Crippen LogP contribution in [0, 0.1) is 11.3 Å². The molecule has 0 aromatic heterocycles. The Hall–Kier alpha value is -2.37. The summed E-state index contributed by atoms with van der Waals surface area (Å²) in [5.74, 6) is -0.708. The van der Waals surface area contributed by atoms with Crippen LogP contribution in [0.2, 0.25) is 0 Å². The van der Waals surface area contributed by atoms with E-state index in [9.17, 15) is 13.2 Å². The van der Waals surface area contributed by atoms with Crippen LogP contribution in [0.5, 0.6) is 0 Å². The SMILES string of the molecule is CCOC(=O)/C(C#N)=C\Nc1ccc(S(=O)(=O)N2CCCC2)cc1. The van der Waals surface area contributed by atoms with E-state index in [1.54, 1.807) is 25.1 Å². The lowest BCUT2D eigenvalue weighted by Gasteiger charge is -2.15. The third kappa shape index (κ3) is 4.13. The topological polar surface area (TPSA) is 99.5 Å². The molecule has 0 unspecified atom stereocenters. The number of carbonyl (C=O) groups is 1. The van der Waals surface area contributed by atoms with Crippen molar-refractivity contribution in [3.05, 3.63) is 36.0 Å². The first-order chi connectivity index (χ1) is 11.5. The van der Waals surface area contributed by atoms with E-state index in [0.717, 1.165) is 12.8 Å². The molecule has 0 aliphatic carbocycles. The van der Waals surface area contributed by atoms with Crippen LogP contribution < -0.4 is 5.32 Å². The smallest absolute Gasteiger partial charge is 0.350 e. The fourth-order valence-electron chi connectivity index (χ4n) is 2.30. The van der Waals surface area contributed by atoms with Gasteiger partial charge in [-0.2, -0.15) is 9.57 Å². The molecular weight excluding hydrogens is 330 g/mol. The second-order valence-corrected chi connectivity index (χ2v) is 7.11. The maximum Gasteiger partial charge on any atom is 0.350 e. The van der Waals surface area contributed by atoms with Gasteiger partial charge in [-0.15, -0.1) is 0 Å². The molecule has 1 N–H and O–H groups in total. The van der Waals surface area contributed by atoms with E-state index in [0.29, 0.717) is 18.8 Å². The van der Waals surface area contributed by atoms with E-state index >= 15 is 0 Å². The molecule has 0 saturated carbocycles. The Kier molecular flexibility index (Phi) is 5.95. The van der Waals surface area contributed by atoms with Crippen LogP contribution >= 0.6 is 0 Å². The maximum atomic E-state index is 12.4. The van der Waals surface area contributed by atoms with Crippen LogP contribution in [0.1, 0.15) is 19.8 Å². The summed E-state index contributed by atoms with van der Waals surface area (Å²) >= 11 is 0. The van der Waals surface area contributed by atoms with E-state index in [4.69, 9.17) is 10.00 Å². The highest BCUT2D eigenvalue weighted by Crippen LogP contribution is 2.22. The molecule has 24 heavy (non-hydrogen) atoms. The molecule has 0 amide bonds. The summed E-state index contributed by atoms with van der Waals surface area (Å²) in [5.41, 5.74) is 0.401. The molecule has 0 bridgehead atoms. The number of nitrogens with one attached hydrogen (secondary N) is 1. The molecule has 1 aliphatic heterocycles. The van der Waals surface area contributed by atoms with Gasteiger partial charge in [0.1, 0.15) is 6.07 Å². The average Bonchev–Trinajstić information content (AvgIpc) is 3.11. The van der Waals surface area contributed by atoms with E-state index in [1.165, 1.54) is 22.6 Å². The molecule has 1 fully saturated rings. The summed E-state index contributed by atoms with van der Waals surface area (Å²) in [7, 11) is -3.45. The van der Waals surface area contributed by atoms with Crippen LogP contribution in [0.4, 0.5) is 5.69 Å². The first kappa shape index (κ1) is 18.0. The lowest BCUT2D eigenvalue weighted by Crippen LogP contribution is -2.27. The number of anilines is 1. The summed E-state index contributed by atoms with van der Waals surface area (Å²) in [6.45, 7) is 2.94. The third-order valence-electron chi connectivity index (χ3n) is 3.56. The molecule has 1 saturated heterocycles. The Morgan fingerprint density at radius 2 is 1.96 bits per heavy atom. The number of sulfonamides is 1. The Morgan fingerprint density at radius 1 is 1.33 bits per heavy atom. The molecule has 2 rings (SSSR count). The predicted molar refractivity (Wildman–Crippen MR) is 88.4 cm³/mol. The number of nitrogens with zero attached hydrogens (tertiary/aromatic N) is 2. The van der Waals surface area contributed by atoms with Crippen molar-refractivity contribution in [2.24, 2.45) is 0 Å². The predicted octanol–water partition coefficient (Wildman–Crippen LogP) is 1.85. The largest absolute Gasteiger partial charge is 0.462 e. The van der Waals surface area contributed by atoms with Crippen LogP contribution in [0.3, 0.4) is 0 Å². The molecule has 7 nitrogen and oxygen atoms in total. The fraction of sp³-hybridized carbons (Fsp3) is 0.375. The van der Waals surface area contributed by atoms with E-state index < -0.39 is 16.0 Å². The van der Waals surface area contributed by atoms with E-state index in [2.05, 4.69) is 5.32 Å². The van der Waals surface area contributed by atoms with Crippen molar-refractivity contribution in [2.45, 2.75) is 24.7 Å². The zero-order chi connectivity index (χ0) is 17.6. The van der Waals surface area contributed by atoms with E-state index in [1.807, 2.05) is 0 Å². The quantitative estimate of drug-likeness (QED) is 0.478. The first-order valence-corrected chi connectivity index (χ1v) is 9.07. The second kappa shape index (κ2) is 7.95. The number of ether oxygens (including phenoxy) is 1. The van der Waals surface area contributed by atoms with Crippen molar-refractivity contribution < 1.29 is 17.9 Å². The third-order valence-corrected chi connectivity index (χ3v) is 5.47. The molecule has 1 heterocycles. The molecule has 0 atom stereocenters. The van der Waals surface area contributed by atoms with Gasteiger partial charge in [-0.25, -0.2) is 13.2 Å². The molecule has 1 aromatic carbocycles. The minimum Gasteiger partial charge on any atom is -0.462 e. The molecule has 8 heteroatoms. The fourth-order valence-corrected chi connectivity index (χ4v) is 3.82. The van der Waals surface area contributed by atoms with Gasteiger partial charge in [-0.05, 0) is 44.0 Å². The highest BCUT2D eigenvalue weighted by Gasteiger charge is 2.26. The number of benzene rings is 1. The van der Waals surface area contributed by atoms with Crippen LogP contribution in [-0.4, -0.2) is 38.4 Å². The molecule has 0 spiro atoms. The lowest BCUT2D eigenvalue weighted by molar-refractivity contribution is -0.138. The van der Waals surface area contributed by atoms with Gasteiger partial charge in [0.05, 0.1) is 11.5 Å². The van der Waals surface area contributed by atoms with Gasteiger partial charge in [-0.1, -0.05) is 0 Å². The van der Waals surface area contributed by atoms with Crippen molar-refractivity contribution in [3.8, 4) is 6.07 Å². The lowest BCUT2D eigenvalue weighted by atomic mass is 10.3. The van der Waals surface area contributed by atoms with Gasteiger partial charge < -0.3 is 10.1 Å². The number of nitriles is 1. The average molecular weight is 349 g/mol. The van der Waals surface area contributed by atoms with Gasteiger partial charge in [-0.3, -0.25) is 0 Å². The van der Waals surface area contributed by atoms with Crippen molar-refractivity contribution >= 4 is 21.7 Å². The summed E-state index contributed by atoms with van der Waals surface area (Å²) in [6, 6.07) is 7.92. The Labute approximate surface area is 141 Å². The van der Waals surface area contributed by atoms with Gasteiger partial charge in [0.2, 0.25) is 10.0 Å². The second-order valence-electron chi connectivity index (χ2n) is 5.17. The van der Waals surface area contributed by atoms with Gasteiger partial charge in [0.15, 0.2) is 5.57 Å². The Balaban J connectivity index is 2.09. The van der Waals surface area contributed by atoms with Crippen molar-refractivity contribution in [1.82, 2.24) is 4.31 Å². The van der Waals surface area contributed by atoms with Crippen LogP contribution in [0.15, 0.2) is 40.9 Å². The highest BCUT2D eigenvalue weighted by atomic mass is 32.2. The molecule has 1 aromatic rings. The van der Waals surface area contributed by atoms with Crippen molar-refractivity contribution in [2.75, 3.05) is 25.0 Å². The number of rotatable bonds is 6. The van der Waals surface area contributed by atoms with Gasteiger partial charge >= 0.3 is 5.97 Å². The van der Waals surface area contributed by atoms with Crippen molar-refractivity contribution in [3.63, 3.8) is 0 Å². The maximum absolute atomic E-state index is 12.4. The zero-order valence-corrected chi connectivity index (χ0v) is 14.2. The molecule has 1 aliphatic rings. The first-order valence-electron chi connectivity index (χ1n) is 7.63. The van der Waals surface area contributed by atoms with Gasteiger partial charge in [0, 0.05) is 25.0 Å². The Morgan fingerprint density at radius 3 is 2.50 bits per heavy atom. The monoisotopic (exact) mass is 349 g/mol. The highest BCUT2D eigenvalue weighted by molar-refractivity contribution is 7.89. The van der Waals surface area contributed by atoms with Gasteiger partial charge in [0.25, 0.3) is 0 Å². The minimum atomic E-state index is -3.45. The normalized spacial score (nSPS) is 15.8. The number of carbonyl (C=O) groups excluding carboxylic acids is 1. The zero-order valence-electron chi connectivity index (χ0n) is 13.4. The molecule has 0 radical (unpaired) electrons. The summed E-state index contributed by atoms with van der Waals surface area (Å²) in [6.07, 6.45) is 3.00. The summed E-state index contributed by atoms with van der Waals surface area (Å²) in [4.78, 5) is 11.7. The molecular formula is C16H19N3O4S. The number of hydrogen-bond acceptors (Lipinski definition) is 6. The van der Waals surface area contributed by atoms with Crippen LogP contribution in [0.25, 0.3) is 0 Å². The Bertz CT molecular complexity index is 758. The summed E-state index contributed by atoms with van der Waals surface area (Å²) in [5, 5.41) is 11.7. The standard InChI is InChI=1S/C16H19N3O4S/c1-2-23-16(20)13(11-17)12-18-14-5-7-15(8-6-14)24(21,22)19-9-3-4-10-19/h5-8,12,18H,2-4,9-10H2,1H3/b13-12-. The van der Waals surface area contributed by atoms with Crippen molar-refractivity contribution in [1.29, 1.82) is 5.26 Å².